The Kier molecular flexibility index (Phi) is 1.03. The van der Waals surface area contributed by atoms with Crippen LogP contribution in [0.15, 0.2) is 22.9 Å². The summed E-state index contributed by atoms with van der Waals surface area (Å²) in [6.45, 7) is 0. The molecule has 0 amide bonds. The summed E-state index contributed by atoms with van der Waals surface area (Å²) in [4.78, 5) is 0. The first kappa shape index (κ1) is 6.03. The number of fused-ring (bicyclic) bond motifs is 1. The summed E-state index contributed by atoms with van der Waals surface area (Å²) < 4.78 is 4.67. The number of aromatic hydroxyl groups is 2. The summed E-state index contributed by atoms with van der Waals surface area (Å²) in [7, 11) is 0. The number of aromatic nitrogens is 1. The molecule has 0 aliphatic heterocycles. The molecule has 4 nitrogen and oxygen atoms in total. The van der Waals surface area contributed by atoms with E-state index in [4.69, 9.17) is 5.11 Å². The van der Waals surface area contributed by atoms with Gasteiger partial charge in [0.25, 0.3) is 0 Å². The van der Waals surface area contributed by atoms with Gasteiger partial charge in [-0.3, -0.25) is 0 Å². The Hall–Kier alpha value is -1.71. The lowest BCUT2D eigenvalue weighted by atomic mass is 10.2. The first-order chi connectivity index (χ1) is 5.29. The highest BCUT2D eigenvalue weighted by molar-refractivity contribution is 5.87. The van der Waals surface area contributed by atoms with Crippen LogP contribution in [0.5, 0.6) is 11.5 Å². The molecule has 2 aromatic rings. The van der Waals surface area contributed by atoms with Gasteiger partial charge in [0.1, 0.15) is 5.75 Å². The standard InChI is InChI=1S/C7H5NO3/c9-5-1-2-6(10)7-4(5)3-8-11-7/h1-3,9-10H. The van der Waals surface area contributed by atoms with Crippen LogP contribution in [0.4, 0.5) is 0 Å². The van der Waals surface area contributed by atoms with Crippen molar-refractivity contribution in [1.29, 1.82) is 0 Å². The van der Waals surface area contributed by atoms with E-state index in [9.17, 15) is 5.11 Å². The largest absolute Gasteiger partial charge is 0.507 e. The molecule has 11 heavy (non-hydrogen) atoms. The molecule has 2 N–H and O–H groups in total. The first-order valence-electron chi connectivity index (χ1n) is 3.04. The number of nitrogens with zero attached hydrogens (tertiary/aromatic N) is 1. The van der Waals surface area contributed by atoms with Crippen LogP contribution in [-0.2, 0) is 0 Å². The van der Waals surface area contributed by atoms with Gasteiger partial charge in [0.2, 0.25) is 5.58 Å². The monoisotopic (exact) mass is 151 g/mol. The molecule has 2 rings (SSSR count). The Morgan fingerprint density at radius 2 is 1.91 bits per heavy atom. The summed E-state index contributed by atoms with van der Waals surface area (Å²) in [5.41, 5.74) is 0.213. The number of phenolic OH excluding ortho intramolecular Hbond substituents is 2. The third-order valence-corrected chi connectivity index (χ3v) is 1.48. The van der Waals surface area contributed by atoms with Crippen molar-refractivity contribution in [2.75, 3.05) is 0 Å². The summed E-state index contributed by atoms with van der Waals surface area (Å²) in [5.74, 6) is 0.0364. The molecule has 0 aliphatic rings. The molecule has 0 fully saturated rings. The molecular formula is C7H5NO3. The topological polar surface area (TPSA) is 66.5 Å². The SMILES string of the molecule is Oc1ccc(O)c2oncc12. The molecule has 4 heteroatoms. The highest BCUT2D eigenvalue weighted by atomic mass is 16.5. The van der Waals surface area contributed by atoms with Gasteiger partial charge in [0.05, 0.1) is 11.6 Å². The van der Waals surface area contributed by atoms with E-state index < -0.39 is 0 Å². The molecule has 0 radical (unpaired) electrons. The Bertz CT molecular complexity index is 357. The average Bonchev–Trinajstić information content (AvgIpc) is 2.45. The van der Waals surface area contributed by atoms with Crippen LogP contribution in [-0.4, -0.2) is 15.4 Å². The predicted molar refractivity (Wildman–Crippen MR) is 37.3 cm³/mol. The van der Waals surface area contributed by atoms with Crippen LogP contribution >= 0.6 is 0 Å². The Morgan fingerprint density at radius 1 is 1.18 bits per heavy atom. The first-order valence-corrected chi connectivity index (χ1v) is 3.04. The van der Waals surface area contributed by atoms with E-state index in [0.29, 0.717) is 5.39 Å². The molecule has 0 spiro atoms. The van der Waals surface area contributed by atoms with Gasteiger partial charge in [-0.25, -0.2) is 0 Å². The smallest absolute Gasteiger partial charge is 0.212 e. The predicted octanol–water partition coefficient (Wildman–Crippen LogP) is 1.24. The van der Waals surface area contributed by atoms with E-state index in [1.54, 1.807) is 0 Å². The summed E-state index contributed by atoms with van der Waals surface area (Å²) in [6.07, 6.45) is 1.35. The molecule has 0 saturated heterocycles. The molecule has 0 aliphatic carbocycles. The lowest BCUT2D eigenvalue weighted by molar-refractivity contribution is 0.420. The van der Waals surface area contributed by atoms with Gasteiger partial charge in [-0.15, -0.1) is 0 Å². The van der Waals surface area contributed by atoms with Gasteiger partial charge in [0.15, 0.2) is 5.75 Å². The molecule has 1 heterocycles. The third kappa shape index (κ3) is 0.724. The molecule has 0 unspecified atom stereocenters. The van der Waals surface area contributed by atoms with Crippen molar-refractivity contribution in [2.24, 2.45) is 0 Å². The van der Waals surface area contributed by atoms with E-state index in [2.05, 4.69) is 9.68 Å². The fourth-order valence-corrected chi connectivity index (χ4v) is 0.930. The Balaban J connectivity index is 2.96. The van der Waals surface area contributed by atoms with Crippen LogP contribution in [0, 0.1) is 0 Å². The van der Waals surface area contributed by atoms with Crippen molar-refractivity contribution in [3.05, 3.63) is 18.3 Å². The average molecular weight is 151 g/mol. The van der Waals surface area contributed by atoms with Crippen LogP contribution < -0.4 is 0 Å². The molecule has 56 valence electrons. The zero-order valence-electron chi connectivity index (χ0n) is 5.48. The summed E-state index contributed by atoms with van der Waals surface area (Å²) in [6, 6.07) is 2.73. The normalized spacial score (nSPS) is 10.5. The molecule has 1 aromatic heterocycles. The Morgan fingerprint density at radius 3 is 2.64 bits per heavy atom. The van der Waals surface area contributed by atoms with Crippen LogP contribution in [0.25, 0.3) is 11.0 Å². The molecule has 0 bridgehead atoms. The summed E-state index contributed by atoms with van der Waals surface area (Å²) >= 11 is 0. The zero-order chi connectivity index (χ0) is 7.84. The minimum Gasteiger partial charge on any atom is -0.507 e. The number of hydrogen-bond acceptors (Lipinski definition) is 4. The van der Waals surface area contributed by atoms with Crippen molar-refractivity contribution in [2.45, 2.75) is 0 Å². The molecule has 0 atom stereocenters. The lowest BCUT2D eigenvalue weighted by Crippen LogP contribution is -1.67. The number of rotatable bonds is 0. The lowest BCUT2D eigenvalue weighted by Gasteiger charge is -1.93. The molecule has 0 saturated carbocycles. The van der Waals surface area contributed by atoms with Crippen molar-refractivity contribution in [3.63, 3.8) is 0 Å². The van der Waals surface area contributed by atoms with Gasteiger partial charge in [-0.2, -0.15) is 0 Å². The molecular weight excluding hydrogens is 146 g/mol. The maximum Gasteiger partial charge on any atom is 0.212 e. The van der Waals surface area contributed by atoms with E-state index in [-0.39, 0.29) is 17.1 Å². The van der Waals surface area contributed by atoms with Crippen molar-refractivity contribution in [1.82, 2.24) is 5.16 Å². The second kappa shape index (κ2) is 1.88. The minimum absolute atomic E-state index is 0.0182. The summed E-state index contributed by atoms with van der Waals surface area (Å²) in [5, 5.41) is 22.2. The van der Waals surface area contributed by atoms with Crippen LogP contribution in [0.2, 0.25) is 0 Å². The number of phenols is 2. The van der Waals surface area contributed by atoms with Crippen molar-refractivity contribution in [3.8, 4) is 11.5 Å². The highest BCUT2D eigenvalue weighted by Gasteiger charge is 2.07. The number of benzene rings is 1. The van der Waals surface area contributed by atoms with E-state index in [0.717, 1.165) is 0 Å². The second-order valence-electron chi connectivity index (χ2n) is 2.17. The molecule has 1 aromatic carbocycles. The quantitative estimate of drug-likeness (QED) is 0.556. The van der Waals surface area contributed by atoms with Gasteiger partial charge >= 0.3 is 0 Å². The maximum absolute atomic E-state index is 9.17. The zero-order valence-corrected chi connectivity index (χ0v) is 5.48. The van der Waals surface area contributed by atoms with Gasteiger partial charge in [-0.05, 0) is 12.1 Å². The highest BCUT2D eigenvalue weighted by Crippen LogP contribution is 2.30. The number of hydrogen-bond donors (Lipinski definition) is 2. The van der Waals surface area contributed by atoms with Gasteiger partial charge in [0, 0.05) is 0 Å². The van der Waals surface area contributed by atoms with E-state index in [1.165, 1.54) is 18.3 Å². The van der Waals surface area contributed by atoms with E-state index in [1.807, 2.05) is 0 Å². The van der Waals surface area contributed by atoms with Gasteiger partial charge in [-0.1, -0.05) is 5.16 Å². The maximum atomic E-state index is 9.17. The van der Waals surface area contributed by atoms with Gasteiger partial charge < -0.3 is 14.7 Å². The second-order valence-corrected chi connectivity index (χ2v) is 2.17. The minimum atomic E-state index is -0.0182. The van der Waals surface area contributed by atoms with Crippen LogP contribution in [0.3, 0.4) is 0 Å². The van der Waals surface area contributed by atoms with Crippen molar-refractivity contribution >= 4 is 11.0 Å². The fourth-order valence-electron chi connectivity index (χ4n) is 0.930. The third-order valence-electron chi connectivity index (χ3n) is 1.48. The fraction of sp³-hybridized carbons (Fsp3) is 0. The Labute approximate surface area is 61.7 Å². The van der Waals surface area contributed by atoms with E-state index >= 15 is 0 Å². The van der Waals surface area contributed by atoms with Crippen molar-refractivity contribution < 1.29 is 14.7 Å². The van der Waals surface area contributed by atoms with Crippen LogP contribution in [0.1, 0.15) is 0 Å².